The van der Waals surface area contributed by atoms with Crippen LogP contribution >= 0.6 is 0 Å². The molecule has 0 aliphatic carbocycles. The van der Waals surface area contributed by atoms with Gasteiger partial charge in [-0.2, -0.15) is 10.4 Å². The summed E-state index contributed by atoms with van der Waals surface area (Å²) in [7, 11) is 0. The number of aromatic nitrogens is 2. The van der Waals surface area contributed by atoms with E-state index in [1.54, 1.807) is 34.1 Å². The van der Waals surface area contributed by atoms with E-state index in [4.69, 9.17) is 0 Å². The van der Waals surface area contributed by atoms with Crippen molar-refractivity contribution < 1.29 is 9.18 Å². The Hall–Kier alpha value is -3.66. The van der Waals surface area contributed by atoms with Gasteiger partial charge in [0.25, 0.3) is 5.91 Å². The second-order valence-electron chi connectivity index (χ2n) is 6.94. The fourth-order valence-corrected chi connectivity index (χ4v) is 3.55. The van der Waals surface area contributed by atoms with Crippen molar-refractivity contribution in [1.82, 2.24) is 14.7 Å². The standard InChI is InChI=1S/C22H20FN5O/c23-20-7-4-8-21(19(20)13-24)26-9-11-27(12-10-26)22(29)18-14-25-28(16-18)15-17-5-2-1-3-6-17/h1-8,14,16H,9-12,15H2. The van der Waals surface area contributed by atoms with Crippen LogP contribution in [0.5, 0.6) is 0 Å². The molecule has 0 N–H and O–H groups in total. The van der Waals surface area contributed by atoms with Gasteiger partial charge in [0.05, 0.1) is 24.0 Å². The highest BCUT2D eigenvalue weighted by molar-refractivity contribution is 5.94. The fraction of sp³-hybridized carbons (Fsp3) is 0.227. The maximum absolute atomic E-state index is 13.9. The highest BCUT2D eigenvalue weighted by Crippen LogP contribution is 2.24. The normalized spacial score (nSPS) is 13.9. The summed E-state index contributed by atoms with van der Waals surface area (Å²) >= 11 is 0. The van der Waals surface area contributed by atoms with Crippen LogP contribution in [0.15, 0.2) is 60.9 Å². The Kier molecular flexibility index (Phi) is 5.25. The van der Waals surface area contributed by atoms with Gasteiger partial charge in [-0.15, -0.1) is 0 Å². The first-order valence-electron chi connectivity index (χ1n) is 9.45. The second kappa shape index (κ2) is 8.15. The molecule has 1 aliphatic rings. The minimum absolute atomic E-state index is 0.0504. The zero-order valence-electron chi connectivity index (χ0n) is 15.8. The number of rotatable bonds is 4. The van der Waals surface area contributed by atoms with E-state index in [9.17, 15) is 14.4 Å². The van der Waals surface area contributed by atoms with Crippen molar-refractivity contribution in [2.45, 2.75) is 6.54 Å². The SMILES string of the molecule is N#Cc1c(F)cccc1N1CCN(C(=O)c2cnn(Cc3ccccc3)c2)CC1. The largest absolute Gasteiger partial charge is 0.367 e. The molecule has 1 saturated heterocycles. The predicted molar refractivity (Wildman–Crippen MR) is 107 cm³/mol. The molecular weight excluding hydrogens is 369 g/mol. The number of benzene rings is 2. The first-order chi connectivity index (χ1) is 14.2. The van der Waals surface area contributed by atoms with Crippen LogP contribution in [0.25, 0.3) is 0 Å². The number of hydrogen-bond donors (Lipinski definition) is 0. The summed E-state index contributed by atoms with van der Waals surface area (Å²) < 4.78 is 15.6. The van der Waals surface area contributed by atoms with E-state index in [0.717, 1.165) is 5.56 Å². The summed E-state index contributed by atoms with van der Waals surface area (Å²) in [4.78, 5) is 16.5. The lowest BCUT2D eigenvalue weighted by Gasteiger charge is -2.36. The number of piperazine rings is 1. The van der Waals surface area contributed by atoms with Gasteiger partial charge in [-0.1, -0.05) is 36.4 Å². The van der Waals surface area contributed by atoms with E-state index in [1.165, 1.54) is 6.07 Å². The molecule has 6 nitrogen and oxygen atoms in total. The van der Waals surface area contributed by atoms with Crippen LogP contribution in [0.3, 0.4) is 0 Å². The van der Waals surface area contributed by atoms with Gasteiger partial charge in [-0.25, -0.2) is 4.39 Å². The summed E-state index contributed by atoms with van der Waals surface area (Å²) in [6.45, 7) is 2.70. The number of amides is 1. The molecule has 2 aromatic carbocycles. The van der Waals surface area contributed by atoms with Crippen LogP contribution < -0.4 is 4.90 Å². The van der Waals surface area contributed by atoms with Crippen molar-refractivity contribution in [3.8, 4) is 6.07 Å². The van der Waals surface area contributed by atoms with Gasteiger partial charge in [0, 0.05) is 32.4 Å². The van der Waals surface area contributed by atoms with Gasteiger partial charge >= 0.3 is 0 Å². The minimum Gasteiger partial charge on any atom is -0.367 e. The third-order valence-electron chi connectivity index (χ3n) is 5.08. The molecule has 4 rings (SSSR count). The van der Waals surface area contributed by atoms with E-state index < -0.39 is 5.82 Å². The molecule has 0 atom stereocenters. The summed E-state index contributed by atoms with van der Waals surface area (Å²) in [5.41, 5.74) is 2.30. The molecule has 29 heavy (non-hydrogen) atoms. The molecule has 1 aliphatic heterocycles. The van der Waals surface area contributed by atoms with Crippen LogP contribution in [0.1, 0.15) is 21.5 Å². The maximum atomic E-state index is 13.9. The summed E-state index contributed by atoms with van der Waals surface area (Å²) in [6, 6.07) is 16.5. The van der Waals surface area contributed by atoms with Crippen molar-refractivity contribution >= 4 is 11.6 Å². The van der Waals surface area contributed by atoms with E-state index in [1.807, 2.05) is 41.3 Å². The van der Waals surface area contributed by atoms with E-state index in [0.29, 0.717) is 44.0 Å². The summed E-state index contributed by atoms with van der Waals surface area (Å²) in [5.74, 6) is -0.585. The number of halogens is 1. The van der Waals surface area contributed by atoms with Gasteiger partial charge in [0.15, 0.2) is 0 Å². The van der Waals surface area contributed by atoms with Crippen LogP contribution in [0, 0.1) is 17.1 Å². The van der Waals surface area contributed by atoms with Crippen molar-refractivity contribution in [3.63, 3.8) is 0 Å². The minimum atomic E-state index is -0.519. The van der Waals surface area contributed by atoms with Crippen molar-refractivity contribution in [1.29, 1.82) is 5.26 Å². The number of nitrogens with zero attached hydrogens (tertiary/aromatic N) is 5. The molecule has 146 valence electrons. The van der Waals surface area contributed by atoms with Crippen LogP contribution in [0.4, 0.5) is 10.1 Å². The van der Waals surface area contributed by atoms with Crippen LogP contribution in [0.2, 0.25) is 0 Å². The van der Waals surface area contributed by atoms with Crippen molar-refractivity contribution in [2.75, 3.05) is 31.1 Å². The number of nitriles is 1. The molecule has 0 radical (unpaired) electrons. The van der Waals surface area contributed by atoms with E-state index in [2.05, 4.69) is 5.10 Å². The first-order valence-corrected chi connectivity index (χ1v) is 9.45. The van der Waals surface area contributed by atoms with Crippen LogP contribution in [-0.4, -0.2) is 46.8 Å². The Labute approximate surface area is 168 Å². The number of carbonyl (C=O) groups is 1. The quantitative estimate of drug-likeness (QED) is 0.688. The Morgan fingerprint density at radius 3 is 2.55 bits per heavy atom. The molecular formula is C22H20FN5O. The number of carbonyl (C=O) groups excluding carboxylic acids is 1. The predicted octanol–water partition coefficient (Wildman–Crippen LogP) is 2.90. The lowest BCUT2D eigenvalue weighted by atomic mass is 10.1. The Morgan fingerprint density at radius 2 is 1.83 bits per heavy atom. The third-order valence-corrected chi connectivity index (χ3v) is 5.08. The van der Waals surface area contributed by atoms with Crippen molar-refractivity contribution in [2.24, 2.45) is 0 Å². The highest BCUT2D eigenvalue weighted by atomic mass is 19.1. The van der Waals surface area contributed by atoms with Gasteiger partial charge in [0.1, 0.15) is 17.4 Å². The topological polar surface area (TPSA) is 65.2 Å². The zero-order valence-corrected chi connectivity index (χ0v) is 15.8. The zero-order chi connectivity index (χ0) is 20.2. The molecule has 3 aromatic rings. The van der Waals surface area contributed by atoms with Crippen LogP contribution in [-0.2, 0) is 6.54 Å². The molecule has 1 aromatic heterocycles. The molecule has 0 unspecified atom stereocenters. The van der Waals surface area contributed by atoms with E-state index in [-0.39, 0.29) is 11.5 Å². The molecule has 2 heterocycles. The lowest BCUT2D eigenvalue weighted by molar-refractivity contribution is 0.0746. The van der Waals surface area contributed by atoms with Crippen molar-refractivity contribution in [3.05, 3.63) is 83.4 Å². The fourth-order valence-electron chi connectivity index (χ4n) is 3.55. The molecule has 0 spiro atoms. The first kappa shape index (κ1) is 18.7. The summed E-state index contributed by atoms with van der Waals surface area (Å²) in [6.07, 6.45) is 3.36. The smallest absolute Gasteiger partial charge is 0.257 e. The Bertz CT molecular complexity index is 1050. The number of hydrogen-bond acceptors (Lipinski definition) is 4. The molecule has 7 heteroatoms. The van der Waals surface area contributed by atoms with Gasteiger partial charge in [-0.05, 0) is 17.7 Å². The lowest BCUT2D eigenvalue weighted by Crippen LogP contribution is -2.49. The summed E-state index contributed by atoms with van der Waals surface area (Å²) in [5, 5.41) is 13.5. The van der Waals surface area contributed by atoms with E-state index >= 15 is 0 Å². The monoisotopic (exact) mass is 389 g/mol. The second-order valence-corrected chi connectivity index (χ2v) is 6.94. The average Bonchev–Trinajstić information content (AvgIpc) is 3.22. The Balaban J connectivity index is 1.40. The number of anilines is 1. The van der Waals surface area contributed by atoms with Gasteiger partial charge in [0.2, 0.25) is 0 Å². The average molecular weight is 389 g/mol. The molecule has 0 saturated carbocycles. The Morgan fingerprint density at radius 1 is 1.07 bits per heavy atom. The van der Waals surface area contributed by atoms with Gasteiger partial charge in [-0.3, -0.25) is 9.48 Å². The molecule has 1 amide bonds. The van der Waals surface area contributed by atoms with Gasteiger partial charge < -0.3 is 9.80 Å². The maximum Gasteiger partial charge on any atom is 0.257 e. The third kappa shape index (κ3) is 3.97. The molecule has 1 fully saturated rings. The highest BCUT2D eigenvalue weighted by Gasteiger charge is 2.25. The molecule has 0 bridgehead atoms.